The van der Waals surface area contributed by atoms with Crippen LogP contribution in [0.1, 0.15) is 23.7 Å². The molecule has 8 heteroatoms. The number of hydrogen-bond acceptors (Lipinski definition) is 5. The van der Waals surface area contributed by atoms with E-state index in [-0.39, 0.29) is 5.91 Å². The zero-order chi connectivity index (χ0) is 19.9. The molecule has 0 unspecified atom stereocenters. The fourth-order valence-electron chi connectivity index (χ4n) is 2.54. The Morgan fingerprint density at radius 1 is 1.32 bits per heavy atom. The summed E-state index contributed by atoms with van der Waals surface area (Å²) in [5, 5.41) is 10.7. The Morgan fingerprint density at radius 3 is 2.93 bits per heavy atom. The van der Waals surface area contributed by atoms with E-state index in [1.807, 2.05) is 44.3 Å². The number of pyridine rings is 1. The molecule has 0 atom stereocenters. The molecule has 1 N–H and O–H groups in total. The van der Waals surface area contributed by atoms with Crippen LogP contribution >= 0.6 is 15.9 Å². The van der Waals surface area contributed by atoms with Gasteiger partial charge in [-0.05, 0) is 43.7 Å². The number of nitrogens with one attached hydrogen (secondary N) is 1. The Labute approximate surface area is 171 Å². The van der Waals surface area contributed by atoms with Crippen LogP contribution in [-0.2, 0) is 7.05 Å². The van der Waals surface area contributed by atoms with E-state index in [0.29, 0.717) is 35.3 Å². The van der Waals surface area contributed by atoms with Crippen molar-refractivity contribution < 1.29 is 9.53 Å². The van der Waals surface area contributed by atoms with Gasteiger partial charge in [0.1, 0.15) is 23.6 Å². The lowest BCUT2D eigenvalue weighted by Crippen LogP contribution is -2.15. The van der Waals surface area contributed by atoms with E-state index in [9.17, 15) is 4.79 Å². The number of allylic oxidation sites excluding steroid dienone is 1. The summed E-state index contributed by atoms with van der Waals surface area (Å²) < 4.78 is 8.33. The van der Waals surface area contributed by atoms with Crippen LogP contribution in [0.5, 0.6) is 5.75 Å². The number of anilines is 1. The van der Waals surface area contributed by atoms with Gasteiger partial charge in [0.25, 0.3) is 5.91 Å². The van der Waals surface area contributed by atoms with Crippen LogP contribution in [0.15, 0.2) is 59.4 Å². The van der Waals surface area contributed by atoms with E-state index in [2.05, 4.69) is 36.4 Å². The Hall–Kier alpha value is -3.00. The average molecular weight is 442 g/mol. The number of aryl methyl sites for hydroxylation is 1. The Kier molecular flexibility index (Phi) is 6.54. The van der Waals surface area contributed by atoms with Gasteiger partial charge >= 0.3 is 0 Å². The van der Waals surface area contributed by atoms with E-state index in [0.717, 1.165) is 10.9 Å². The van der Waals surface area contributed by atoms with E-state index in [1.54, 1.807) is 29.1 Å². The van der Waals surface area contributed by atoms with Crippen molar-refractivity contribution in [2.75, 3.05) is 11.9 Å². The van der Waals surface area contributed by atoms with Crippen LogP contribution in [0.25, 0.3) is 11.5 Å². The minimum absolute atomic E-state index is 0.301. The molecule has 1 amide bonds. The van der Waals surface area contributed by atoms with Crippen molar-refractivity contribution in [2.45, 2.75) is 13.3 Å². The first-order chi connectivity index (χ1) is 13.6. The first-order valence-corrected chi connectivity index (χ1v) is 9.54. The summed E-state index contributed by atoms with van der Waals surface area (Å²) in [7, 11) is 1.83. The fraction of sp³-hybridized carbons (Fsp3) is 0.200. The molecule has 0 aliphatic rings. The van der Waals surface area contributed by atoms with Gasteiger partial charge in [-0.25, -0.2) is 4.98 Å². The molecule has 2 heterocycles. The highest BCUT2D eigenvalue weighted by atomic mass is 79.9. The van der Waals surface area contributed by atoms with Crippen molar-refractivity contribution in [3.63, 3.8) is 0 Å². The summed E-state index contributed by atoms with van der Waals surface area (Å²) in [5.74, 6) is 1.26. The maximum absolute atomic E-state index is 12.8. The minimum Gasteiger partial charge on any atom is -0.492 e. The third kappa shape index (κ3) is 4.83. The molecule has 0 aliphatic carbocycles. The molecule has 0 aliphatic heterocycles. The molecule has 0 bridgehead atoms. The average Bonchev–Trinajstić information content (AvgIpc) is 3.12. The molecule has 0 saturated heterocycles. The lowest BCUT2D eigenvalue weighted by Gasteiger charge is -2.12. The van der Waals surface area contributed by atoms with Gasteiger partial charge in [0.05, 0.1) is 12.2 Å². The number of aromatic nitrogens is 4. The van der Waals surface area contributed by atoms with Crippen molar-refractivity contribution in [1.29, 1.82) is 0 Å². The fourth-order valence-corrected chi connectivity index (χ4v) is 2.90. The van der Waals surface area contributed by atoms with Gasteiger partial charge < -0.3 is 14.6 Å². The standard InChI is InChI=1S/C20H20BrN5O2/c1-3-4-5-11-28-17-10-9-14(21)12-15(17)20(27)24-18-8-6-7-16(23-18)19-25-22-13-26(19)2/h3-4,6-10,12-13H,5,11H2,1-2H3,(H,23,24,27)/b4-3+. The highest BCUT2D eigenvalue weighted by Gasteiger charge is 2.15. The maximum atomic E-state index is 12.8. The topological polar surface area (TPSA) is 81.9 Å². The molecular weight excluding hydrogens is 422 g/mol. The smallest absolute Gasteiger partial charge is 0.260 e. The summed E-state index contributed by atoms with van der Waals surface area (Å²) >= 11 is 3.41. The summed E-state index contributed by atoms with van der Waals surface area (Å²) in [4.78, 5) is 17.3. The zero-order valence-electron chi connectivity index (χ0n) is 15.6. The quantitative estimate of drug-likeness (QED) is 0.437. The van der Waals surface area contributed by atoms with Gasteiger partial charge in [-0.3, -0.25) is 4.79 Å². The molecule has 3 aromatic rings. The predicted molar refractivity (Wildman–Crippen MR) is 111 cm³/mol. The Balaban J connectivity index is 1.79. The second-order valence-electron chi connectivity index (χ2n) is 5.97. The lowest BCUT2D eigenvalue weighted by atomic mass is 10.2. The molecule has 0 spiro atoms. The maximum Gasteiger partial charge on any atom is 0.260 e. The van der Waals surface area contributed by atoms with Gasteiger partial charge in [-0.1, -0.05) is 34.1 Å². The van der Waals surface area contributed by atoms with Crippen LogP contribution in [0.2, 0.25) is 0 Å². The number of carbonyl (C=O) groups is 1. The normalized spacial score (nSPS) is 11.0. The van der Waals surface area contributed by atoms with Crippen molar-refractivity contribution in [3.05, 3.63) is 64.9 Å². The number of halogens is 1. The van der Waals surface area contributed by atoms with Gasteiger partial charge in [0.15, 0.2) is 5.82 Å². The molecule has 0 radical (unpaired) electrons. The van der Waals surface area contributed by atoms with Gasteiger partial charge in [0.2, 0.25) is 0 Å². The minimum atomic E-state index is -0.301. The third-order valence-electron chi connectivity index (χ3n) is 3.90. The number of ether oxygens (including phenoxy) is 1. The molecule has 0 saturated carbocycles. The third-order valence-corrected chi connectivity index (χ3v) is 4.39. The molecule has 1 aromatic carbocycles. The Morgan fingerprint density at radius 2 is 2.18 bits per heavy atom. The van der Waals surface area contributed by atoms with Crippen LogP contribution in [0.3, 0.4) is 0 Å². The summed E-state index contributed by atoms with van der Waals surface area (Å²) in [5.41, 5.74) is 1.05. The van der Waals surface area contributed by atoms with Gasteiger partial charge in [-0.2, -0.15) is 0 Å². The van der Waals surface area contributed by atoms with Crippen molar-refractivity contribution >= 4 is 27.7 Å². The number of rotatable bonds is 7. The molecule has 0 fully saturated rings. The molecule has 144 valence electrons. The number of amides is 1. The Bertz CT molecular complexity index is 1000. The van der Waals surface area contributed by atoms with E-state index in [1.165, 1.54) is 0 Å². The second-order valence-corrected chi connectivity index (χ2v) is 6.89. The van der Waals surface area contributed by atoms with E-state index in [4.69, 9.17) is 4.74 Å². The first kappa shape index (κ1) is 19.8. The highest BCUT2D eigenvalue weighted by Crippen LogP contribution is 2.25. The number of nitrogens with zero attached hydrogens (tertiary/aromatic N) is 4. The largest absolute Gasteiger partial charge is 0.492 e. The summed E-state index contributed by atoms with van der Waals surface area (Å²) in [6.07, 6.45) is 6.35. The molecular formula is C20H20BrN5O2. The SMILES string of the molecule is C/C=C/CCOc1ccc(Br)cc1C(=O)Nc1cccc(-c2nncn2C)n1. The molecule has 2 aromatic heterocycles. The van der Waals surface area contributed by atoms with Crippen molar-refractivity contribution in [1.82, 2.24) is 19.7 Å². The first-order valence-electron chi connectivity index (χ1n) is 8.74. The summed E-state index contributed by atoms with van der Waals surface area (Å²) in [6.45, 7) is 2.45. The summed E-state index contributed by atoms with van der Waals surface area (Å²) in [6, 6.07) is 10.7. The molecule has 3 rings (SSSR count). The van der Waals surface area contributed by atoms with Crippen LogP contribution in [0.4, 0.5) is 5.82 Å². The van der Waals surface area contributed by atoms with Crippen LogP contribution in [-0.4, -0.2) is 32.3 Å². The van der Waals surface area contributed by atoms with Crippen molar-refractivity contribution in [3.8, 4) is 17.3 Å². The monoisotopic (exact) mass is 441 g/mol. The van der Waals surface area contributed by atoms with E-state index < -0.39 is 0 Å². The van der Waals surface area contributed by atoms with Crippen LogP contribution < -0.4 is 10.1 Å². The number of benzene rings is 1. The molecule has 28 heavy (non-hydrogen) atoms. The van der Waals surface area contributed by atoms with Crippen molar-refractivity contribution in [2.24, 2.45) is 7.05 Å². The zero-order valence-corrected chi connectivity index (χ0v) is 17.2. The van der Waals surface area contributed by atoms with E-state index >= 15 is 0 Å². The van der Waals surface area contributed by atoms with Crippen LogP contribution in [0, 0.1) is 0 Å². The highest BCUT2D eigenvalue weighted by molar-refractivity contribution is 9.10. The predicted octanol–water partition coefficient (Wildman–Crippen LogP) is 4.24. The number of carbonyl (C=O) groups excluding carboxylic acids is 1. The van der Waals surface area contributed by atoms with Gasteiger partial charge in [-0.15, -0.1) is 10.2 Å². The second kappa shape index (κ2) is 9.27. The number of hydrogen-bond donors (Lipinski definition) is 1. The lowest BCUT2D eigenvalue weighted by molar-refractivity contribution is 0.102. The molecule has 7 nitrogen and oxygen atoms in total. The van der Waals surface area contributed by atoms with Gasteiger partial charge in [0, 0.05) is 11.5 Å².